The lowest BCUT2D eigenvalue weighted by atomic mass is 10.1. The van der Waals surface area contributed by atoms with Gasteiger partial charge in [-0.2, -0.15) is 0 Å². The molecule has 0 bridgehead atoms. The lowest BCUT2D eigenvalue weighted by Crippen LogP contribution is -2.14. The Labute approximate surface area is 116 Å². The number of likely N-dealkylation sites (N-methyl/N-ethyl adjacent to an activating group) is 1. The van der Waals surface area contributed by atoms with E-state index in [4.69, 9.17) is 0 Å². The first kappa shape index (κ1) is 13.6. The normalized spacial score (nSPS) is 10.7. The van der Waals surface area contributed by atoms with Gasteiger partial charge in [-0.15, -0.1) is 0 Å². The Kier molecular flexibility index (Phi) is 4.99. The standard InChI is InChI=1S/C17H22N2/c1-19(2)13-12-15-8-10-17(11-9-15)18-14-16-6-4-3-5-7-16/h3-11,18H,12-14H2,1-2H3. The number of nitrogens with zero attached hydrogens (tertiary/aromatic N) is 1. The molecule has 0 unspecified atom stereocenters. The van der Waals surface area contributed by atoms with Gasteiger partial charge in [0.05, 0.1) is 0 Å². The number of anilines is 1. The topological polar surface area (TPSA) is 15.3 Å². The maximum Gasteiger partial charge on any atom is 0.0400 e. The molecule has 2 aromatic carbocycles. The predicted molar refractivity (Wildman–Crippen MR) is 82.5 cm³/mol. The highest BCUT2D eigenvalue weighted by atomic mass is 15.0. The molecule has 0 aliphatic carbocycles. The molecule has 2 nitrogen and oxygen atoms in total. The number of hydrogen-bond donors (Lipinski definition) is 1. The first-order valence-electron chi connectivity index (χ1n) is 6.75. The van der Waals surface area contributed by atoms with Crippen molar-refractivity contribution in [3.8, 4) is 0 Å². The Morgan fingerprint density at radius 3 is 2.16 bits per heavy atom. The van der Waals surface area contributed by atoms with Gasteiger partial charge in [-0.25, -0.2) is 0 Å². The van der Waals surface area contributed by atoms with Crippen LogP contribution in [0.3, 0.4) is 0 Å². The molecule has 0 aromatic heterocycles. The molecule has 0 aliphatic rings. The van der Waals surface area contributed by atoms with Gasteiger partial charge < -0.3 is 10.2 Å². The molecule has 19 heavy (non-hydrogen) atoms. The molecule has 0 heterocycles. The third-order valence-electron chi connectivity index (χ3n) is 3.14. The summed E-state index contributed by atoms with van der Waals surface area (Å²) >= 11 is 0. The Balaban J connectivity index is 1.85. The fourth-order valence-corrected chi connectivity index (χ4v) is 1.94. The van der Waals surface area contributed by atoms with Crippen molar-refractivity contribution < 1.29 is 0 Å². The zero-order valence-corrected chi connectivity index (χ0v) is 11.8. The summed E-state index contributed by atoms with van der Waals surface area (Å²) in [4.78, 5) is 2.21. The Hall–Kier alpha value is -1.80. The average Bonchev–Trinajstić information content (AvgIpc) is 2.45. The molecular formula is C17H22N2. The molecule has 2 rings (SSSR count). The molecule has 0 fully saturated rings. The van der Waals surface area contributed by atoms with Gasteiger partial charge in [0.2, 0.25) is 0 Å². The highest BCUT2D eigenvalue weighted by Gasteiger charge is 1.97. The fourth-order valence-electron chi connectivity index (χ4n) is 1.94. The maximum absolute atomic E-state index is 3.44. The van der Waals surface area contributed by atoms with Crippen molar-refractivity contribution >= 4 is 5.69 Å². The van der Waals surface area contributed by atoms with Gasteiger partial charge in [0.15, 0.2) is 0 Å². The molecule has 2 heteroatoms. The lowest BCUT2D eigenvalue weighted by Gasteiger charge is -2.10. The van der Waals surface area contributed by atoms with E-state index in [0.717, 1.165) is 19.5 Å². The smallest absolute Gasteiger partial charge is 0.0400 e. The van der Waals surface area contributed by atoms with Crippen LogP contribution in [0.2, 0.25) is 0 Å². The molecule has 0 radical (unpaired) electrons. The van der Waals surface area contributed by atoms with Crippen LogP contribution in [-0.2, 0) is 13.0 Å². The van der Waals surface area contributed by atoms with Crippen molar-refractivity contribution in [3.05, 3.63) is 65.7 Å². The quantitative estimate of drug-likeness (QED) is 0.850. The Morgan fingerprint density at radius 1 is 0.842 bits per heavy atom. The van der Waals surface area contributed by atoms with Crippen LogP contribution in [0.5, 0.6) is 0 Å². The van der Waals surface area contributed by atoms with Crippen molar-refractivity contribution in [1.29, 1.82) is 0 Å². The second-order valence-corrected chi connectivity index (χ2v) is 5.09. The SMILES string of the molecule is CN(C)CCc1ccc(NCc2ccccc2)cc1. The highest BCUT2D eigenvalue weighted by molar-refractivity contribution is 5.45. The summed E-state index contributed by atoms with van der Waals surface area (Å²) < 4.78 is 0. The zero-order chi connectivity index (χ0) is 13.5. The molecule has 0 spiro atoms. The van der Waals surface area contributed by atoms with E-state index >= 15 is 0 Å². The Morgan fingerprint density at radius 2 is 1.53 bits per heavy atom. The van der Waals surface area contributed by atoms with Gasteiger partial charge in [0.1, 0.15) is 0 Å². The second kappa shape index (κ2) is 6.95. The molecule has 2 aromatic rings. The highest BCUT2D eigenvalue weighted by Crippen LogP contribution is 2.11. The molecule has 1 N–H and O–H groups in total. The molecule has 0 saturated carbocycles. The summed E-state index contributed by atoms with van der Waals surface area (Å²) in [7, 11) is 4.21. The monoisotopic (exact) mass is 254 g/mol. The Bertz CT molecular complexity index is 474. The van der Waals surface area contributed by atoms with Crippen LogP contribution in [0.4, 0.5) is 5.69 Å². The third kappa shape index (κ3) is 4.76. The first-order valence-corrected chi connectivity index (χ1v) is 6.75. The van der Waals surface area contributed by atoms with Crippen molar-refractivity contribution in [1.82, 2.24) is 4.90 Å². The van der Waals surface area contributed by atoms with Crippen molar-refractivity contribution in [2.24, 2.45) is 0 Å². The van der Waals surface area contributed by atoms with Gasteiger partial charge in [-0.1, -0.05) is 42.5 Å². The van der Waals surface area contributed by atoms with Gasteiger partial charge in [-0.3, -0.25) is 0 Å². The van der Waals surface area contributed by atoms with Crippen molar-refractivity contribution in [2.75, 3.05) is 26.0 Å². The van der Waals surface area contributed by atoms with Gasteiger partial charge in [-0.05, 0) is 43.8 Å². The van der Waals surface area contributed by atoms with Crippen molar-refractivity contribution in [3.63, 3.8) is 0 Å². The molecular weight excluding hydrogens is 232 g/mol. The summed E-state index contributed by atoms with van der Waals surface area (Å²) in [5, 5.41) is 3.44. The van der Waals surface area contributed by atoms with E-state index in [-0.39, 0.29) is 0 Å². The van der Waals surface area contributed by atoms with Crippen LogP contribution in [0, 0.1) is 0 Å². The molecule has 0 atom stereocenters. The first-order chi connectivity index (χ1) is 9.24. The van der Waals surface area contributed by atoms with E-state index in [2.05, 4.69) is 72.8 Å². The second-order valence-electron chi connectivity index (χ2n) is 5.09. The summed E-state index contributed by atoms with van der Waals surface area (Å²) in [6.45, 7) is 1.97. The van der Waals surface area contributed by atoms with Gasteiger partial charge in [0.25, 0.3) is 0 Å². The van der Waals surface area contributed by atoms with Crippen LogP contribution >= 0.6 is 0 Å². The van der Waals surface area contributed by atoms with E-state index in [1.807, 2.05) is 6.07 Å². The minimum absolute atomic E-state index is 0.873. The van der Waals surface area contributed by atoms with E-state index < -0.39 is 0 Å². The van der Waals surface area contributed by atoms with Gasteiger partial charge in [0, 0.05) is 18.8 Å². The summed E-state index contributed by atoms with van der Waals surface area (Å²) in [6, 6.07) is 19.2. The number of rotatable bonds is 6. The third-order valence-corrected chi connectivity index (χ3v) is 3.14. The predicted octanol–water partition coefficient (Wildman–Crippen LogP) is 3.40. The van der Waals surface area contributed by atoms with E-state index in [0.29, 0.717) is 0 Å². The average molecular weight is 254 g/mol. The summed E-state index contributed by atoms with van der Waals surface area (Å²) in [5.41, 5.74) is 3.87. The van der Waals surface area contributed by atoms with E-state index in [1.165, 1.54) is 16.8 Å². The minimum Gasteiger partial charge on any atom is -0.381 e. The van der Waals surface area contributed by atoms with E-state index in [1.54, 1.807) is 0 Å². The summed E-state index contributed by atoms with van der Waals surface area (Å²) in [6.07, 6.45) is 1.10. The number of nitrogens with one attached hydrogen (secondary N) is 1. The molecule has 0 amide bonds. The van der Waals surface area contributed by atoms with Crippen LogP contribution < -0.4 is 5.32 Å². The fraction of sp³-hybridized carbons (Fsp3) is 0.294. The largest absolute Gasteiger partial charge is 0.381 e. The minimum atomic E-state index is 0.873. The maximum atomic E-state index is 3.44. The van der Waals surface area contributed by atoms with Crippen LogP contribution in [0.1, 0.15) is 11.1 Å². The van der Waals surface area contributed by atoms with E-state index in [9.17, 15) is 0 Å². The number of benzene rings is 2. The molecule has 0 aliphatic heterocycles. The zero-order valence-electron chi connectivity index (χ0n) is 11.8. The molecule has 100 valence electrons. The summed E-state index contributed by atoms with van der Waals surface area (Å²) in [5.74, 6) is 0. The molecule has 0 saturated heterocycles. The van der Waals surface area contributed by atoms with Crippen LogP contribution in [-0.4, -0.2) is 25.5 Å². The van der Waals surface area contributed by atoms with Crippen LogP contribution in [0.15, 0.2) is 54.6 Å². The number of hydrogen-bond acceptors (Lipinski definition) is 2. The van der Waals surface area contributed by atoms with Crippen molar-refractivity contribution in [2.45, 2.75) is 13.0 Å². The van der Waals surface area contributed by atoms with Gasteiger partial charge >= 0.3 is 0 Å². The van der Waals surface area contributed by atoms with Crippen LogP contribution in [0.25, 0.3) is 0 Å². The lowest BCUT2D eigenvalue weighted by molar-refractivity contribution is 0.413.